The van der Waals surface area contributed by atoms with Gasteiger partial charge in [0.2, 0.25) is 5.91 Å². The van der Waals surface area contributed by atoms with Crippen LogP contribution in [0.25, 0.3) is 16.8 Å². The van der Waals surface area contributed by atoms with Crippen LogP contribution in [0, 0.1) is 5.82 Å². The van der Waals surface area contributed by atoms with Crippen molar-refractivity contribution in [3.63, 3.8) is 0 Å². The molecule has 0 spiro atoms. The van der Waals surface area contributed by atoms with Gasteiger partial charge in [0, 0.05) is 110 Å². The number of hydrogen-bond acceptors (Lipinski definition) is 11. The molecule has 3 atom stereocenters. The van der Waals surface area contributed by atoms with Gasteiger partial charge in [0.05, 0.1) is 81.7 Å². The summed E-state index contributed by atoms with van der Waals surface area (Å²) in [5.74, 6) is 0.402. The van der Waals surface area contributed by atoms with Crippen LogP contribution in [0.3, 0.4) is 0 Å². The highest BCUT2D eigenvalue weighted by molar-refractivity contribution is 6.30. The monoisotopic (exact) mass is 1180 g/mol. The largest absolute Gasteiger partial charge is 0.493 e. The van der Waals surface area contributed by atoms with E-state index in [1.807, 2.05) is 77.5 Å². The molecule has 84 heavy (non-hydrogen) atoms. The van der Waals surface area contributed by atoms with Gasteiger partial charge in [0.1, 0.15) is 17.4 Å². The summed E-state index contributed by atoms with van der Waals surface area (Å²) in [7, 11) is 3.49. The highest BCUT2D eigenvalue weighted by Crippen LogP contribution is 2.54. The quantitative estimate of drug-likeness (QED) is 0.0868. The third-order valence-corrected chi connectivity index (χ3v) is 17.4. The Bertz CT molecular complexity index is 3380. The normalized spacial score (nSPS) is 19.1. The molecule has 4 aliphatic heterocycles. The first kappa shape index (κ1) is 60.1. The highest BCUT2D eigenvalue weighted by Gasteiger charge is 2.50. The lowest BCUT2D eigenvalue weighted by Gasteiger charge is -2.42. The molecule has 444 valence electrons. The number of anilines is 2. The van der Waals surface area contributed by atoms with Gasteiger partial charge >= 0.3 is 6.03 Å². The van der Waals surface area contributed by atoms with Gasteiger partial charge in [-0.3, -0.25) is 24.1 Å². The van der Waals surface area contributed by atoms with Crippen molar-refractivity contribution in [1.29, 1.82) is 0 Å². The maximum absolute atomic E-state index is 15.4. The van der Waals surface area contributed by atoms with Crippen molar-refractivity contribution in [2.24, 2.45) is 0 Å². The maximum Gasteiger partial charge on any atom is 0.325 e. The highest BCUT2D eigenvalue weighted by atomic mass is 35.5. The zero-order valence-electron chi connectivity index (χ0n) is 49.3. The lowest BCUT2D eigenvalue weighted by molar-refractivity contribution is -0.131. The third-order valence-electron chi connectivity index (χ3n) is 16.9. The van der Waals surface area contributed by atoms with Crippen LogP contribution in [-0.4, -0.2) is 150 Å². The summed E-state index contributed by atoms with van der Waals surface area (Å²) in [6.07, 6.45) is 7.68. The summed E-state index contributed by atoms with van der Waals surface area (Å²) in [5, 5.41) is 6.16. The number of pyridine rings is 1. The Morgan fingerprint density at radius 3 is 2.27 bits per heavy atom. The van der Waals surface area contributed by atoms with Crippen LogP contribution in [-0.2, 0) is 38.2 Å². The van der Waals surface area contributed by atoms with Crippen molar-refractivity contribution >= 4 is 58.2 Å². The van der Waals surface area contributed by atoms with Gasteiger partial charge in [-0.25, -0.2) is 14.2 Å². The SMILES string of the molecule is CCOc1cc(C(C)(C)C)ccc1C1=C[C@@](C)(c2ccc(Cl)cc2)[C@@H](c2ccc(Cl)cc2)N1C(=O)N1CCN(CCOCCOCCC(=O)N(C)CCn2cc3c(n2)CN(C)C(=O)c2ccc(F)cc2[C@H]2CCCN2c2cc-3cnc2N)CC1. The fourth-order valence-electron chi connectivity index (χ4n) is 12.1. The number of nitrogens with two attached hydrogens (primary N) is 1. The smallest absolute Gasteiger partial charge is 0.325 e. The van der Waals surface area contributed by atoms with Crippen molar-refractivity contribution in [1.82, 2.24) is 39.3 Å². The average molecular weight is 1180 g/mol. The first-order chi connectivity index (χ1) is 40.3. The van der Waals surface area contributed by atoms with Gasteiger partial charge in [-0.15, -0.1) is 0 Å². The number of nitrogen functional groups attached to an aromatic ring is 1. The molecule has 2 N–H and O–H groups in total. The van der Waals surface area contributed by atoms with Gasteiger partial charge in [-0.1, -0.05) is 74.3 Å². The number of hydrogen-bond donors (Lipinski definition) is 1. The Kier molecular flexibility index (Phi) is 18.4. The van der Waals surface area contributed by atoms with E-state index in [9.17, 15) is 14.0 Å². The summed E-state index contributed by atoms with van der Waals surface area (Å²) in [4.78, 5) is 58.9. The van der Waals surface area contributed by atoms with Gasteiger partial charge in [0.25, 0.3) is 5.91 Å². The van der Waals surface area contributed by atoms with E-state index in [4.69, 9.17) is 48.2 Å². The van der Waals surface area contributed by atoms with Crippen LogP contribution in [0.2, 0.25) is 10.0 Å². The number of amides is 4. The maximum atomic E-state index is 15.4. The van der Waals surface area contributed by atoms with E-state index in [0.717, 1.165) is 63.4 Å². The first-order valence-corrected chi connectivity index (χ1v) is 29.9. The predicted molar refractivity (Wildman–Crippen MR) is 328 cm³/mol. The molecule has 4 amide bonds. The number of aromatic nitrogens is 3. The van der Waals surface area contributed by atoms with Crippen LogP contribution < -0.4 is 15.4 Å². The van der Waals surface area contributed by atoms with Crippen molar-refractivity contribution in [3.05, 3.63) is 164 Å². The first-order valence-electron chi connectivity index (χ1n) is 29.2. The topological polar surface area (TPSA) is 155 Å². The van der Waals surface area contributed by atoms with Gasteiger partial charge in [-0.05, 0) is 121 Å². The molecule has 6 aromatic rings. The van der Waals surface area contributed by atoms with Crippen LogP contribution in [0.5, 0.6) is 5.75 Å². The van der Waals surface area contributed by atoms with E-state index in [-0.39, 0.29) is 48.9 Å². The number of nitrogens with zero attached hydrogens (tertiary/aromatic N) is 9. The van der Waals surface area contributed by atoms with E-state index in [2.05, 4.69) is 66.8 Å². The second-order valence-electron chi connectivity index (χ2n) is 23.6. The number of halogens is 3. The van der Waals surface area contributed by atoms with E-state index in [0.29, 0.717) is 111 Å². The van der Waals surface area contributed by atoms with Gasteiger partial charge in [0.15, 0.2) is 0 Å². The van der Waals surface area contributed by atoms with Crippen LogP contribution >= 0.6 is 23.2 Å². The van der Waals surface area contributed by atoms with Gasteiger partial charge < -0.3 is 39.5 Å². The summed E-state index contributed by atoms with van der Waals surface area (Å²) in [6, 6.07) is 27.7. The molecule has 19 heteroatoms. The van der Waals surface area contributed by atoms with E-state index >= 15 is 4.79 Å². The molecule has 2 bridgehead atoms. The van der Waals surface area contributed by atoms with Crippen molar-refractivity contribution < 1.29 is 33.0 Å². The second kappa shape index (κ2) is 25.7. The standard InChI is InChI=1S/C65H77Cl2FN10O6/c1-8-84-58-37-46(64(2,3)4)15-21-51(58)57-39-65(5,45-13-18-48(67)19-14-45)60(43-11-16-47(66)17-12-43)78(57)63(81)75-28-26-74(27-29-75)31-33-83-35-34-82-32-23-59(79)72(6)25-30-76-41-53-44-36-56(61(69)70-40-44)77-24-9-10-55(77)52-38-49(68)20-22-50(52)62(80)73(7)42-54(53)71-76/h11-22,36-41,55,60H,8-10,23-35,42H2,1-7H3,(H2,69,70)/t55-,60-,65+/m1/s1. The summed E-state index contributed by atoms with van der Waals surface area (Å²) in [6.45, 7) is 17.5. The number of ether oxygens (including phenoxy) is 3. The minimum Gasteiger partial charge on any atom is -0.493 e. The number of likely N-dealkylation sites (N-methyl/N-ethyl adjacent to an activating group) is 1. The molecule has 0 radical (unpaired) electrons. The molecular formula is C65H77Cl2FN10O6. The molecule has 0 saturated carbocycles. The van der Waals surface area contributed by atoms with Crippen molar-refractivity contribution in [2.45, 2.75) is 89.9 Å². The van der Waals surface area contributed by atoms with Crippen LogP contribution in [0.4, 0.5) is 20.7 Å². The minimum absolute atomic E-state index is 0.0643. The lowest BCUT2D eigenvalue weighted by atomic mass is 9.74. The number of carbonyl (C=O) groups is 3. The molecule has 2 saturated heterocycles. The summed E-state index contributed by atoms with van der Waals surface area (Å²) >= 11 is 12.9. The zero-order valence-corrected chi connectivity index (χ0v) is 50.8. The Morgan fingerprint density at radius 2 is 1.56 bits per heavy atom. The minimum atomic E-state index is -0.667. The fourth-order valence-corrected chi connectivity index (χ4v) is 12.4. The van der Waals surface area contributed by atoms with Gasteiger partial charge in [-0.2, -0.15) is 5.10 Å². The molecule has 2 fully saturated rings. The fraction of sp³-hybridized carbons (Fsp3) is 0.431. The number of fused-ring (bicyclic) bond motifs is 8. The molecule has 0 unspecified atom stereocenters. The molecule has 4 aliphatic rings. The Labute approximate surface area is 502 Å². The predicted octanol–water partition coefficient (Wildman–Crippen LogP) is 11.3. The van der Waals surface area contributed by atoms with Crippen molar-refractivity contribution in [3.8, 4) is 16.9 Å². The number of urea groups is 1. The number of carbonyl (C=O) groups excluding carboxylic acids is 3. The zero-order chi connectivity index (χ0) is 59.5. The molecule has 2 aromatic heterocycles. The molecule has 0 aliphatic carbocycles. The lowest BCUT2D eigenvalue weighted by Crippen LogP contribution is -2.53. The Balaban J connectivity index is 0.708. The van der Waals surface area contributed by atoms with Crippen LogP contribution in [0.15, 0.2) is 109 Å². The third kappa shape index (κ3) is 13.0. The summed E-state index contributed by atoms with van der Waals surface area (Å²) in [5.41, 5.74) is 14.5. The Hall–Kier alpha value is -7.02. The molecular weight excluding hydrogens is 1110 g/mol. The number of rotatable bonds is 17. The number of benzene rings is 4. The van der Waals surface area contributed by atoms with Crippen molar-refractivity contribution in [2.75, 3.05) is 104 Å². The Morgan fingerprint density at radius 1 is 0.857 bits per heavy atom. The van der Waals surface area contributed by atoms with E-state index < -0.39 is 17.3 Å². The van der Waals surface area contributed by atoms with Crippen LogP contribution in [0.1, 0.15) is 110 Å². The van der Waals surface area contributed by atoms with E-state index in [1.54, 1.807) is 40.8 Å². The summed E-state index contributed by atoms with van der Waals surface area (Å²) < 4.78 is 34.8. The molecule has 4 aromatic carbocycles. The second-order valence-corrected chi connectivity index (χ2v) is 24.4. The molecule has 16 nitrogen and oxygen atoms in total. The molecule has 10 rings (SSSR count). The van der Waals surface area contributed by atoms with E-state index in [1.165, 1.54) is 12.1 Å². The average Bonchev–Trinajstić information content (AvgIpc) is 1.82. The number of piperazine rings is 1. The molecule has 6 heterocycles.